The fourth-order valence-corrected chi connectivity index (χ4v) is 1.37. The number of carbonyl (C=O) groups excluding carboxylic acids is 2. The summed E-state index contributed by atoms with van der Waals surface area (Å²) in [5.74, 6) is 0.173. The Kier molecular flexibility index (Phi) is 4.91. The fourth-order valence-electron chi connectivity index (χ4n) is 1.37. The Bertz CT molecular complexity index is 421. The molecule has 1 aromatic rings. The van der Waals surface area contributed by atoms with Crippen molar-refractivity contribution >= 4 is 12.0 Å². The number of rotatable bonds is 5. The Morgan fingerprint density at radius 1 is 1.35 bits per heavy atom. The van der Waals surface area contributed by atoms with E-state index in [1.54, 1.807) is 31.4 Å². The Balaban J connectivity index is 2.78. The van der Waals surface area contributed by atoms with Crippen molar-refractivity contribution < 1.29 is 19.1 Å². The van der Waals surface area contributed by atoms with Gasteiger partial charge in [-0.2, -0.15) is 4.99 Å². The Labute approximate surface area is 99.1 Å². The predicted molar refractivity (Wildman–Crippen MR) is 60.6 cm³/mol. The number of hydrogen-bond acceptors (Lipinski definition) is 5. The van der Waals surface area contributed by atoms with Crippen LogP contribution in [0.1, 0.15) is 5.56 Å². The van der Waals surface area contributed by atoms with Crippen molar-refractivity contribution in [3.05, 3.63) is 29.8 Å². The minimum Gasteiger partial charge on any atom is -0.497 e. The summed E-state index contributed by atoms with van der Waals surface area (Å²) in [7, 11) is 2.83. The molecule has 0 N–H and O–H groups in total. The number of esters is 1. The van der Waals surface area contributed by atoms with Crippen LogP contribution in [0.2, 0.25) is 0 Å². The molecule has 1 rings (SSSR count). The van der Waals surface area contributed by atoms with Crippen molar-refractivity contribution in [1.82, 2.24) is 0 Å². The molecule has 0 saturated carbocycles. The average Bonchev–Trinajstić information content (AvgIpc) is 2.38. The van der Waals surface area contributed by atoms with Crippen LogP contribution in [-0.2, 0) is 20.7 Å². The summed E-state index contributed by atoms with van der Waals surface area (Å²) in [4.78, 5) is 24.9. The lowest BCUT2D eigenvalue weighted by Gasteiger charge is -2.08. The van der Waals surface area contributed by atoms with Gasteiger partial charge in [-0.1, -0.05) is 12.1 Å². The zero-order chi connectivity index (χ0) is 12.7. The van der Waals surface area contributed by atoms with Crippen molar-refractivity contribution in [2.24, 2.45) is 4.99 Å². The van der Waals surface area contributed by atoms with Crippen LogP contribution in [0.4, 0.5) is 0 Å². The zero-order valence-electron chi connectivity index (χ0n) is 9.67. The molecule has 90 valence electrons. The Hall–Kier alpha value is -2.13. The lowest BCUT2D eigenvalue weighted by molar-refractivity contribution is -0.142. The molecule has 5 nitrogen and oxygen atoms in total. The first-order valence-electron chi connectivity index (χ1n) is 4.99. The number of hydrogen-bond donors (Lipinski definition) is 0. The van der Waals surface area contributed by atoms with Gasteiger partial charge in [0.2, 0.25) is 6.08 Å². The lowest BCUT2D eigenvalue weighted by Crippen LogP contribution is -2.22. The molecular weight excluding hydrogens is 222 g/mol. The molecule has 0 unspecified atom stereocenters. The average molecular weight is 235 g/mol. The van der Waals surface area contributed by atoms with Gasteiger partial charge in [0, 0.05) is 6.42 Å². The molecule has 0 heterocycles. The molecule has 0 aliphatic rings. The van der Waals surface area contributed by atoms with Gasteiger partial charge in [-0.15, -0.1) is 0 Å². The quantitative estimate of drug-likeness (QED) is 0.435. The zero-order valence-corrected chi connectivity index (χ0v) is 9.67. The molecule has 0 radical (unpaired) electrons. The van der Waals surface area contributed by atoms with Gasteiger partial charge in [-0.3, -0.25) is 0 Å². The van der Waals surface area contributed by atoms with E-state index in [1.807, 2.05) is 0 Å². The first kappa shape index (κ1) is 12.9. The second-order valence-electron chi connectivity index (χ2n) is 3.31. The Morgan fingerprint density at radius 3 is 2.47 bits per heavy atom. The first-order valence-corrected chi connectivity index (χ1v) is 4.99. The maximum absolute atomic E-state index is 11.3. The molecule has 0 aliphatic heterocycles. The number of ether oxygens (including phenoxy) is 2. The van der Waals surface area contributed by atoms with Gasteiger partial charge in [-0.25, -0.2) is 9.59 Å². The van der Waals surface area contributed by atoms with E-state index >= 15 is 0 Å². The van der Waals surface area contributed by atoms with Crippen molar-refractivity contribution in [2.75, 3.05) is 14.2 Å². The second kappa shape index (κ2) is 6.45. The predicted octanol–water partition coefficient (Wildman–Crippen LogP) is 1.12. The van der Waals surface area contributed by atoms with E-state index in [-0.39, 0.29) is 0 Å². The van der Waals surface area contributed by atoms with Crippen molar-refractivity contribution in [3.63, 3.8) is 0 Å². The number of benzene rings is 1. The van der Waals surface area contributed by atoms with E-state index in [0.29, 0.717) is 6.42 Å². The minimum absolute atomic E-state index is 0.298. The van der Waals surface area contributed by atoms with E-state index < -0.39 is 12.0 Å². The van der Waals surface area contributed by atoms with Crippen LogP contribution in [0.25, 0.3) is 0 Å². The van der Waals surface area contributed by atoms with Gasteiger partial charge < -0.3 is 9.47 Å². The SMILES string of the molecule is COC(=O)[C@H](Cc1ccc(OC)cc1)N=C=O. The van der Waals surface area contributed by atoms with Crippen molar-refractivity contribution in [3.8, 4) is 5.75 Å². The standard InChI is InChI=1S/C12H13NO4/c1-16-10-5-3-9(4-6-10)7-11(13-8-14)12(15)17-2/h3-6,11H,7H2,1-2H3/t11-/m0/s1. The summed E-state index contributed by atoms with van der Waals surface area (Å²) >= 11 is 0. The van der Waals surface area contributed by atoms with E-state index in [9.17, 15) is 9.59 Å². The van der Waals surface area contributed by atoms with Crippen LogP contribution in [0.3, 0.4) is 0 Å². The maximum Gasteiger partial charge on any atom is 0.331 e. The smallest absolute Gasteiger partial charge is 0.331 e. The van der Waals surface area contributed by atoms with Gasteiger partial charge in [0.05, 0.1) is 14.2 Å². The van der Waals surface area contributed by atoms with Crippen LogP contribution < -0.4 is 4.74 Å². The first-order chi connectivity index (χ1) is 8.21. The third-order valence-electron chi connectivity index (χ3n) is 2.27. The highest BCUT2D eigenvalue weighted by Crippen LogP contribution is 2.13. The topological polar surface area (TPSA) is 65.0 Å². The molecule has 0 bridgehead atoms. The molecule has 0 saturated heterocycles. The molecule has 17 heavy (non-hydrogen) atoms. The number of isocyanates is 1. The highest BCUT2D eigenvalue weighted by Gasteiger charge is 2.18. The normalized spacial score (nSPS) is 11.2. The molecule has 0 aliphatic carbocycles. The molecule has 1 atom stereocenters. The maximum atomic E-state index is 11.3. The van der Waals surface area contributed by atoms with Gasteiger partial charge in [0.15, 0.2) is 6.04 Å². The summed E-state index contributed by atoms with van der Waals surface area (Å²) < 4.78 is 9.56. The van der Waals surface area contributed by atoms with Crippen LogP contribution in [0, 0.1) is 0 Å². The molecular formula is C12H13NO4. The highest BCUT2D eigenvalue weighted by molar-refractivity contribution is 5.77. The highest BCUT2D eigenvalue weighted by atomic mass is 16.5. The largest absolute Gasteiger partial charge is 0.497 e. The summed E-state index contributed by atoms with van der Waals surface area (Å²) in [5, 5.41) is 0. The molecule has 0 amide bonds. The molecule has 1 aromatic carbocycles. The van der Waals surface area contributed by atoms with Gasteiger partial charge in [0.25, 0.3) is 0 Å². The van der Waals surface area contributed by atoms with Crippen LogP contribution >= 0.6 is 0 Å². The van der Waals surface area contributed by atoms with E-state index in [1.165, 1.54) is 13.2 Å². The molecule has 0 aromatic heterocycles. The van der Waals surface area contributed by atoms with Crippen LogP contribution in [-0.4, -0.2) is 32.3 Å². The van der Waals surface area contributed by atoms with Crippen LogP contribution in [0.15, 0.2) is 29.3 Å². The Morgan fingerprint density at radius 2 is 2.00 bits per heavy atom. The fraction of sp³-hybridized carbons (Fsp3) is 0.333. The number of carbonyl (C=O) groups is 1. The van der Waals surface area contributed by atoms with E-state index in [0.717, 1.165) is 11.3 Å². The summed E-state index contributed by atoms with van der Waals surface area (Å²) in [6, 6.07) is 6.30. The monoisotopic (exact) mass is 235 g/mol. The van der Waals surface area contributed by atoms with Gasteiger partial charge in [0.1, 0.15) is 5.75 Å². The minimum atomic E-state index is -0.842. The van der Waals surface area contributed by atoms with Crippen molar-refractivity contribution in [2.45, 2.75) is 12.5 Å². The van der Waals surface area contributed by atoms with E-state index in [4.69, 9.17) is 4.74 Å². The van der Waals surface area contributed by atoms with Gasteiger partial charge >= 0.3 is 5.97 Å². The summed E-state index contributed by atoms with van der Waals surface area (Å²) in [6.45, 7) is 0. The second-order valence-corrected chi connectivity index (χ2v) is 3.31. The lowest BCUT2D eigenvalue weighted by atomic mass is 10.1. The van der Waals surface area contributed by atoms with Crippen LogP contribution in [0.5, 0.6) is 5.75 Å². The molecule has 0 fully saturated rings. The number of nitrogens with zero attached hydrogens (tertiary/aromatic N) is 1. The van der Waals surface area contributed by atoms with Gasteiger partial charge in [-0.05, 0) is 17.7 Å². The molecule has 5 heteroatoms. The number of methoxy groups -OCH3 is 2. The third kappa shape index (κ3) is 3.74. The summed E-state index contributed by atoms with van der Waals surface area (Å²) in [6.07, 6.45) is 1.67. The third-order valence-corrected chi connectivity index (χ3v) is 2.27. The van der Waals surface area contributed by atoms with E-state index in [2.05, 4.69) is 9.73 Å². The number of aliphatic imine (C=N–C) groups is 1. The molecule has 0 spiro atoms. The summed E-state index contributed by atoms with van der Waals surface area (Å²) in [5.41, 5.74) is 0.861. The van der Waals surface area contributed by atoms with Crippen molar-refractivity contribution in [1.29, 1.82) is 0 Å².